The topological polar surface area (TPSA) is 88.6 Å². The first-order valence-corrected chi connectivity index (χ1v) is 10.3. The predicted octanol–water partition coefficient (Wildman–Crippen LogP) is 3.53. The van der Waals surface area contributed by atoms with Crippen molar-refractivity contribution in [2.24, 2.45) is 0 Å². The molecule has 0 unspecified atom stereocenters. The van der Waals surface area contributed by atoms with Gasteiger partial charge in [-0.25, -0.2) is 14.2 Å². The van der Waals surface area contributed by atoms with Crippen LogP contribution in [0.15, 0.2) is 76.1 Å². The lowest BCUT2D eigenvalue weighted by atomic mass is 10.2. The number of benzene rings is 2. The van der Waals surface area contributed by atoms with Crippen molar-refractivity contribution in [1.82, 2.24) is 14.5 Å². The highest BCUT2D eigenvalue weighted by molar-refractivity contribution is 6.13. The molecule has 0 spiro atoms. The number of hydrogen-bond donors (Lipinski definition) is 0. The third-order valence-electron chi connectivity index (χ3n) is 5.69. The average Bonchev–Trinajstić information content (AvgIpc) is 3.40. The summed E-state index contributed by atoms with van der Waals surface area (Å²) >= 11 is 0. The Bertz CT molecular complexity index is 1410. The van der Waals surface area contributed by atoms with Crippen molar-refractivity contribution in [2.75, 3.05) is 4.90 Å². The molecule has 3 heterocycles. The van der Waals surface area contributed by atoms with E-state index in [0.717, 1.165) is 4.90 Å². The van der Waals surface area contributed by atoms with Crippen LogP contribution in [0.25, 0.3) is 10.9 Å². The molecule has 4 aromatic rings. The molecule has 9 heteroatoms. The maximum atomic E-state index is 13.3. The number of halogens is 1. The van der Waals surface area contributed by atoms with Gasteiger partial charge in [0.15, 0.2) is 0 Å². The molecule has 1 aliphatic heterocycles. The number of aromatic nitrogens is 2. The van der Waals surface area contributed by atoms with Gasteiger partial charge in [0.2, 0.25) is 0 Å². The molecular formula is C24H19FN4O4. The van der Waals surface area contributed by atoms with Crippen LogP contribution >= 0.6 is 0 Å². The summed E-state index contributed by atoms with van der Waals surface area (Å²) in [6, 6.07) is 14.3. The van der Waals surface area contributed by atoms with Crippen LogP contribution in [0.5, 0.6) is 0 Å². The predicted molar refractivity (Wildman–Crippen MR) is 118 cm³/mol. The van der Waals surface area contributed by atoms with E-state index in [1.165, 1.54) is 40.0 Å². The third-order valence-corrected chi connectivity index (χ3v) is 5.69. The average molecular weight is 446 g/mol. The second-order valence-electron chi connectivity index (χ2n) is 7.75. The van der Waals surface area contributed by atoms with Gasteiger partial charge in [0.05, 0.1) is 30.3 Å². The Labute approximate surface area is 187 Å². The van der Waals surface area contributed by atoms with Gasteiger partial charge < -0.3 is 4.42 Å². The number of furan rings is 1. The number of amides is 3. The first-order chi connectivity index (χ1) is 15.9. The third kappa shape index (κ3) is 3.57. The molecule has 1 saturated heterocycles. The van der Waals surface area contributed by atoms with E-state index in [9.17, 15) is 18.8 Å². The van der Waals surface area contributed by atoms with Gasteiger partial charge >= 0.3 is 6.03 Å². The molecule has 8 nitrogen and oxygen atoms in total. The second-order valence-corrected chi connectivity index (χ2v) is 7.75. The summed E-state index contributed by atoms with van der Waals surface area (Å²) in [5, 5.41) is 0.424. The minimum Gasteiger partial charge on any atom is -0.467 e. The van der Waals surface area contributed by atoms with E-state index in [0.29, 0.717) is 22.4 Å². The minimum absolute atomic E-state index is 0.104. The fourth-order valence-corrected chi connectivity index (χ4v) is 4.00. The Morgan fingerprint density at radius 1 is 0.970 bits per heavy atom. The molecule has 33 heavy (non-hydrogen) atoms. The Morgan fingerprint density at radius 2 is 1.73 bits per heavy atom. The van der Waals surface area contributed by atoms with Crippen LogP contribution in [0.1, 0.15) is 18.5 Å². The van der Waals surface area contributed by atoms with Crippen LogP contribution in [-0.4, -0.2) is 32.4 Å². The highest BCUT2D eigenvalue weighted by atomic mass is 19.1. The van der Waals surface area contributed by atoms with Crippen LogP contribution in [0, 0.1) is 5.82 Å². The Hall–Kier alpha value is -4.27. The van der Waals surface area contributed by atoms with Gasteiger partial charge in [-0.1, -0.05) is 12.1 Å². The van der Waals surface area contributed by atoms with E-state index in [1.54, 1.807) is 43.3 Å². The van der Waals surface area contributed by atoms with E-state index in [2.05, 4.69) is 4.98 Å². The lowest BCUT2D eigenvalue weighted by Gasteiger charge is -2.20. The number of carbonyl (C=O) groups is 2. The zero-order valence-electron chi connectivity index (χ0n) is 17.6. The van der Waals surface area contributed by atoms with Crippen molar-refractivity contribution < 1.29 is 18.4 Å². The molecule has 0 saturated carbocycles. The first-order valence-electron chi connectivity index (χ1n) is 10.3. The monoisotopic (exact) mass is 446 g/mol. The maximum absolute atomic E-state index is 13.3. The summed E-state index contributed by atoms with van der Waals surface area (Å²) in [5.74, 6) is -0.0828. The maximum Gasteiger partial charge on any atom is 0.332 e. The normalized spacial score (nSPS) is 16.2. The van der Waals surface area contributed by atoms with Gasteiger partial charge in [-0.3, -0.25) is 24.0 Å². The summed E-state index contributed by atoms with van der Waals surface area (Å²) in [4.78, 5) is 46.4. The Morgan fingerprint density at radius 3 is 2.45 bits per heavy atom. The summed E-state index contributed by atoms with van der Waals surface area (Å²) < 4.78 is 20.2. The SMILES string of the molecule is C[C@@H]1C(=O)N(Cc2nc3ccccc3c(=O)n2Cc2ccco2)C(=O)N1c1ccc(F)cc1. The van der Waals surface area contributed by atoms with Gasteiger partial charge in [0.1, 0.15) is 23.4 Å². The molecule has 1 aliphatic rings. The van der Waals surface area contributed by atoms with Crippen LogP contribution < -0.4 is 10.5 Å². The number of fused-ring (bicyclic) bond motifs is 1. The molecule has 0 radical (unpaired) electrons. The largest absolute Gasteiger partial charge is 0.467 e. The molecular weight excluding hydrogens is 427 g/mol. The molecule has 2 aromatic carbocycles. The molecule has 0 aliphatic carbocycles. The van der Waals surface area contributed by atoms with Crippen molar-refractivity contribution >= 4 is 28.5 Å². The summed E-state index contributed by atoms with van der Waals surface area (Å²) in [5.41, 5.74) is 0.578. The lowest BCUT2D eigenvalue weighted by Crippen LogP contribution is -2.36. The highest BCUT2D eigenvalue weighted by Crippen LogP contribution is 2.27. The van der Waals surface area contributed by atoms with Gasteiger partial charge in [-0.2, -0.15) is 0 Å². The van der Waals surface area contributed by atoms with E-state index in [-0.39, 0.29) is 24.5 Å². The number of rotatable bonds is 5. The fraction of sp³-hybridized carbons (Fsp3) is 0.167. The van der Waals surface area contributed by atoms with E-state index < -0.39 is 23.8 Å². The van der Waals surface area contributed by atoms with Crippen molar-refractivity contribution in [3.63, 3.8) is 0 Å². The lowest BCUT2D eigenvalue weighted by molar-refractivity contribution is -0.127. The molecule has 3 amide bonds. The van der Waals surface area contributed by atoms with Crippen LogP contribution in [-0.2, 0) is 17.9 Å². The number of carbonyl (C=O) groups excluding carboxylic acids is 2. The molecule has 166 valence electrons. The molecule has 5 rings (SSSR count). The van der Waals surface area contributed by atoms with Crippen molar-refractivity contribution in [3.05, 3.63) is 94.7 Å². The van der Waals surface area contributed by atoms with Gasteiger partial charge in [0, 0.05) is 5.69 Å². The summed E-state index contributed by atoms with van der Waals surface area (Å²) in [6.07, 6.45) is 1.50. The number of imide groups is 1. The minimum atomic E-state index is -0.784. The molecule has 0 N–H and O–H groups in total. The van der Waals surface area contributed by atoms with E-state index in [1.807, 2.05) is 0 Å². The van der Waals surface area contributed by atoms with Gasteiger partial charge in [-0.15, -0.1) is 0 Å². The first kappa shape index (κ1) is 20.6. The van der Waals surface area contributed by atoms with Gasteiger partial charge in [0.25, 0.3) is 11.5 Å². The Balaban J connectivity index is 1.55. The number of hydrogen-bond acceptors (Lipinski definition) is 5. The fourth-order valence-electron chi connectivity index (χ4n) is 4.00. The molecule has 1 fully saturated rings. The Kier molecular flexibility index (Phi) is 5.01. The van der Waals surface area contributed by atoms with Crippen LogP contribution in [0.3, 0.4) is 0 Å². The number of nitrogens with zero attached hydrogens (tertiary/aromatic N) is 4. The molecule has 1 atom stereocenters. The van der Waals surface area contributed by atoms with E-state index in [4.69, 9.17) is 4.42 Å². The van der Waals surface area contributed by atoms with Gasteiger partial charge in [-0.05, 0) is 55.5 Å². The number of urea groups is 1. The quantitative estimate of drug-likeness (QED) is 0.438. The number of para-hydroxylation sites is 1. The van der Waals surface area contributed by atoms with Crippen molar-refractivity contribution in [3.8, 4) is 0 Å². The second kappa shape index (κ2) is 8.01. The zero-order chi connectivity index (χ0) is 23.1. The number of anilines is 1. The molecule has 2 aromatic heterocycles. The van der Waals surface area contributed by atoms with Crippen LogP contribution in [0.2, 0.25) is 0 Å². The smallest absolute Gasteiger partial charge is 0.332 e. The zero-order valence-corrected chi connectivity index (χ0v) is 17.6. The standard InChI is InChI=1S/C24H19FN4O4/c1-15-22(30)28(24(32)29(15)17-10-8-16(25)9-11-17)14-21-26-20-7-3-2-6-19(20)23(31)27(21)13-18-5-4-12-33-18/h2-12,15H,13-14H2,1H3/t15-/m1/s1. The summed E-state index contributed by atoms with van der Waals surface area (Å²) in [7, 11) is 0. The van der Waals surface area contributed by atoms with Crippen molar-refractivity contribution in [2.45, 2.75) is 26.1 Å². The molecule has 0 bridgehead atoms. The van der Waals surface area contributed by atoms with E-state index >= 15 is 0 Å². The van der Waals surface area contributed by atoms with Crippen LogP contribution in [0.4, 0.5) is 14.9 Å². The highest BCUT2D eigenvalue weighted by Gasteiger charge is 2.43. The summed E-state index contributed by atoms with van der Waals surface area (Å²) in [6.45, 7) is 1.51. The van der Waals surface area contributed by atoms with Crippen molar-refractivity contribution in [1.29, 1.82) is 0 Å².